The van der Waals surface area contributed by atoms with Gasteiger partial charge in [0.15, 0.2) is 0 Å². The molecule has 0 radical (unpaired) electrons. The van der Waals surface area contributed by atoms with Crippen LogP contribution in [-0.4, -0.2) is 37.1 Å². The van der Waals surface area contributed by atoms with E-state index >= 15 is 0 Å². The zero-order valence-corrected chi connectivity index (χ0v) is 18.4. The number of alkyl carbamates (subject to hydrolysis) is 1. The fraction of sp³-hybridized carbons (Fsp3) is 0.333. The Morgan fingerprint density at radius 1 is 1.00 bits per heavy atom. The first-order chi connectivity index (χ1) is 14.4. The van der Waals surface area contributed by atoms with Crippen LogP contribution in [0, 0.1) is 0 Å². The number of nitrogens with one attached hydrogen (secondary N) is 3. The Bertz CT molecular complexity index is 986. The molecule has 0 unspecified atom stereocenters. The standard InChI is InChI=1S/C21H27N3O6S/c1-21(2,3)30-20(26)23-14-18(19(25)22-13-15-7-5-4-6-8-15)16-9-11-17(12-10-16)24-31(27,28)29/h4-12,18,24H,13-14H2,1-3H3,(H,22,25)(H,23,26)(H,27,28,29)/t18-/m1/s1. The Kier molecular flexibility index (Phi) is 8.01. The van der Waals surface area contributed by atoms with Crippen LogP contribution in [0.15, 0.2) is 54.6 Å². The summed E-state index contributed by atoms with van der Waals surface area (Å²) in [5.74, 6) is -1.08. The van der Waals surface area contributed by atoms with E-state index in [0.29, 0.717) is 12.1 Å². The lowest BCUT2D eigenvalue weighted by Gasteiger charge is -2.22. The number of anilines is 1. The van der Waals surface area contributed by atoms with Crippen molar-refractivity contribution < 1.29 is 27.3 Å². The summed E-state index contributed by atoms with van der Waals surface area (Å²) < 4.78 is 38.0. The third kappa shape index (κ3) is 9.06. The highest BCUT2D eigenvalue weighted by molar-refractivity contribution is 7.87. The van der Waals surface area contributed by atoms with E-state index in [1.165, 1.54) is 24.3 Å². The van der Waals surface area contributed by atoms with Crippen LogP contribution in [0.5, 0.6) is 0 Å². The molecule has 0 fully saturated rings. The van der Waals surface area contributed by atoms with E-state index in [4.69, 9.17) is 9.29 Å². The number of hydrogen-bond acceptors (Lipinski definition) is 5. The van der Waals surface area contributed by atoms with Crippen LogP contribution in [0.2, 0.25) is 0 Å². The lowest BCUT2D eigenvalue weighted by atomic mass is 9.97. The second-order valence-electron chi connectivity index (χ2n) is 7.84. The molecule has 0 spiro atoms. The summed E-state index contributed by atoms with van der Waals surface area (Å²) in [6.45, 7) is 5.48. The zero-order chi connectivity index (χ0) is 23.1. The van der Waals surface area contributed by atoms with Gasteiger partial charge in [-0.1, -0.05) is 42.5 Å². The van der Waals surface area contributed by atoms with Crippen LogP contribution in [0.25, 0.3) is 0 Å². The van der Waals surface area contributed by atoms with Crippen LogP contribution >= 0.6 is 0 Å². The van der Waals surface area contributed by atoms with Gasteiger partial charge < -0.3 is 15.4 Å². The molecule has 9 nitrogen and oxygen atoms in total. The average Bonchev–Trinajstić information content (AvgIpc) is 2.66. The number of hydrogen-bond donors (Lipinski definition) is 4. The van der Waals surface area contributed by atoms with Gasteiger partial charge in [-0.2, -0.15) is 8.42 Å². The maximum Gasteiger partial charge on any atom is 0.407 e. The van der Waals surface area contributed by atoms with Crippen LogP contribution in [-0.2, 0) is 26.4 Å². The number of benzene rings is 2. The van der Waals surface area contributed by atoms with Crippen molar-refractivity contribution in [3.05, 3.63) is 65.7 Å². The largest absolute Gasteiger partial charge is 0.444 e. The molecule has 31 heavy (non-hydrogen) atoms. The van der Waals surface area contributed by atoms with Crippen molar-refractivity contribution >= 4 is 28.0 Å². The highest BCUT2D eigenvalue weighted by atomic mass is 32.2. The van der Waals surface area contributed by atoms with Gasteiger partial charge in [-0.3, -0.25) is 14.1 Å². The summed E-state index contributed by atoms with van der Waals surface area (Å²) >= 11 is 0. The molecule has 2 amide bonds. The first-order valence-corrected chi connectivity index (χ1v) is 11.0. The van der Waals surface area contributed by atoms with E-state index in [2.05, 4.69) is 10.6 Å². The molecule has 168 valence electrons. The monoisotopic (exact) mass is 449 g/mol. The second kappa shape index (κ2) is 10.3. The van der Waals surface area contributed by atoms with Crippen molar-refractivity contribution in [3.8, 4) is 0 Å². The molecular formula is C21H27N3O6S. The van der Waals surface area contributed by atoms with Crippen molar-refractivity contribution in [1.29, 1.82) is 0 Å². The van der Waals surface area contributed by atoms with Crippen molar-refractivity contribution in [2.45, 2.75) is 38.8 Å². The number of carbonyl (C=O) groups excluding carboxylic acids is 2. The van der Waals surface area contributed by atoms with Crippen molar-refractivity contribution in [3.63, 3.8) is 0 Å². The number of rotatable bonds is 8. The molecule has 0 saturated heterocycles. The Hall–Kier alpha value is -3.11. The highest BCUT2D eigenvalue weighted by Gasteiger charge is 2.23. The van der Waals surface area contributed by atoms with E-state index in [0.717, 1.165) is 5.56 Å². The molecular weight excluding hydrogens is 422 g/mol. The summed E-state index contributed by atoms with van der Waals surface area (Å²) in [6, 6.07) is 15.3. The molecule has 4 N–H and O–H groups in total. The number of amides is 2. The smallest absolute Gasteiger partial charge is 0.407 e. The maximum absolute atomic E-state index is 12.9. The summed E-state index contributed by atoms with van der Waals surface area (Å²) in [4.78, 5) is 24.9. The lowest BCUT2D eigenvalue weighted by Crippen LogP contribution is -2.39. The van der Waals surface area contributed by atoms with Gasteiger partial charge in [-0.25, -0.2) is 4.79 Å². The normalized spacial score (nSPS) is 12.5. The highest BCUT2D eigenvalue weighted by Crippen LogP contribution is 2.20. The summed E-state index contributed by atoms with van der Waals surface area (Å²) in [5.41, 5.74) is 0.915. The zero-order valence-electron chi connectivity index (χ0n) is 17.6. The van der Waals surface area contributed by atoms with Crippen LogP contribution < -0.4 is 15.4 Å². The Morgan fingerprint density at radius 3 is 2.16 bits per heavy atom. The molecule has 1 atom stereocenters. The van der Waals surface area contributed by atoms with E-state index < -0.39 is 27.9 Å². The molecule has 0 heterocycles. The lowest BCUT2D eigenvalue weighted by molar-refractivity contribution is -0.122. The number of carbonyl (C=O) groups is 2. The first kappa shape index (κ1) is 24.2. The SMILES string of the molecule is CC(C)(C)OC(=O)NC[C@@H](C(=O)NCc1ccccc1)c1ccc(NS(=O)(=O)O)cc1. The minimum Gasteiger partial charge on any atom is -0.444 e. The van der Waals surface area contributed by atoms with Crippen LogP contribution in [0.4, 0.5) is 10.5 Å². The molecule has 0 aliphatic heterocycles. The second-order valence-corrected chi connectivity index (χ2v) is 8.99. The third-order valence-electron chi connectivity index (χ3n) is 4.04. The van der Waals surface area contributed by atoms with E-state index in [1.807, 2.05) is 35.1 Å². The molecule has 2 aromatic carbocycles. The van der Waals surface area contributed by atoms with Crippen LogP contribution in [0.3, 0.4) is 0 Å². The quantitative estimate of drug-likeness (QED) is 0.458. The topological polar surface area (TPSA) is 134 Å². The number of ether oxygens (including phenoxy) is 1. The summed E-state index contributed by atoms with van der Waals surface area (Å²) in [6.07, 6.45) is -0.655. The molecule has 0 bridgehead atoms. The Labute approximate surface area is 182 Å². The van der Waals surface area contributed by atoms with Crippen molar-refractivity contribution in [1.82, 2.24) is 10.6 Å². The van der Waals surface area contributed by atoms with Gasteiger partial charge in [0.2, 0.25) is 5.91 Å². The first-order valence-electron chi connectivity index (χ1n) is 9.56. The molecule has 0 aliphatic carbocycles. The molecule has 0 aliphatic rings. The van der Waals surface area contributed by atoms with Crippen molar-refractivity contribution in [2.24, 2.45) is 0 Å². The molecule has 2 aromatic rings. The van der Waals surface area contributed by atoms with Gasteiger partial charge in [0.1, 0.15) is 5.60 Å². The van der Waals surface area contributed by atoms with Gasteiger partial charge in [0, 0.05) is 13.1 Å². The fourth-order valence-electron chi connectivity index (χ4n) is 2.70. The van der Waals surface area contributed by atoms with Gasteiger partial charge >= 0.3 is 16.4 Å². The van der Waals surface area contributed by atoms with Crippen molar-refractivity contribution in [2.75, 3.05) is 11.3 Å². The van der Waals surface area contributed by atoms with Gasteiger partial charge in [0.05, 0.1) is 11.6 Å². The molecule has 2 rings (SSSR count). The predicted molar refractivity (Wildman–Crippen MR) is 117 cm³/mol. The third-order valence-corrected chi connectivity index (χ3v) is 4.53. The molecule has 0 saturated carbocycles. The Morgan fingerprint density at radius 2 is 1.61 bits per heavy atom. The minimum absolute atomic E-state index is 0.0272. The van der Waals surface area contributed by atoms with E-state index in [1.54, 1.807) is 20.8 Å². The van der Waals surface area contributed by atoms with E-state index in [-0.39, 0.29) is 18.1 Å². The van der Waals surface area contributed by atoms with E-state index in [9.17, 15) is 18.0 Å². The minimum atomic E-state index is -4.41. The molecule has 10 heteroatoms. The fourth-order valence-corrected chi connectivity index (χ4v) is 3.14. The average molecular weight is 450 g/mol. The summed E-state index contributed by atoms with van der Waals surface area (Å²) in [7, 11) is -4.41. The Balaban J connectivity index is 2.14. The van der Waals surface area contributed by atoms with Crippen LogP contribution in [0.1, 0.15) is 37.8 Å². The maximum atomic E-state index is 12.9. The predicted octanol–water partition coefficient (Wildman–Crippen LogP) is 2.83. The summed E-state index contributed by atoms with van der Waals surface area (Å²) in [5, 5.41) is 5.44. The van der Waals surface area contributed by atoms with Gasteiger partial charge in [-0.05, 0) is 44.0 Å². The van der Waals surface area contributed by atoms with Gasteiger partial charge in [-0.15, -0.1) is 0 Å². The van der Waals surface area contributed by atoms with Gasteiger partial charge in [0.25, 0.3) is 0 Å². The molecule has 0 aromatic heterocycles.